The van der Waals surface area contributed by atoms with E-state index in [1.807, 2.05) is 6.92 Å². The third-order valence-corrected chi connectivity index (χ3v) is 2.28. The van der Waals surface area contributed by atoms with Crippen LogP contribution >= 0.6 is 0 Å². The summed E-state index contributed by atoms with van der Waals surface area (Å²) in [4.78, 5) is 22.9. The number of H-pyrrole nitrogens is 1. The summed E-state index contributed by atoms with van der Waals surface area (Å²) in [5.41, 5.74) is 1.24. The first kappa shape index (κ1) is 14.2. The quantitative estimate of drug-likeness (QED) is 0.688. The second kappa shape index (κ2) is 6.78. The molecule has 2 amide bonds. The summed E-state index contributed by atoms with van der Waals surface area (Å²) in [6, 6.07) is 1.72. The minimum Gasteiger partial charge on any atom is -0.355 e. The Kier molecular flexibility index (Phi) is 5.35. The highest BCUT2D eigenvalue weighted by molar-refractivity contribution is 5.94. The lowest BCUT2D eigenvalue weighted by atomic mass is 10.1. The molecule has 1 heterocycles. The van der Waals surface area contributed by atoms with Crippen LogP contribution in [0.5, 0.6) is 0 Å². The topological polar surface area (TPSA) is 86.9 Å². The summed E-state index contributed by atoms with van der Waals surface area (Å²) in [7, 11) is 0. The van der Waals surface area contributed by atoms with Crippen LogP contribution in [0.15, 0.2) is 6.07 Å². The Bertz CT molecular complexity index is 412. The van der Waals surface area contributed by atoms with E-state index in [0.29, 0.717) is 18.2 Å². The van der Waals surface area contributed by atoms with Crippen LogP contribution in [0.3, 0.4) is 0 Å². The Hall–Kier alpha value is -1.85. The van der Waals surface area contributed by atoms with Gasteiger partial charge < -0.3 is 10.6 Å². The fourth-order valence-corrected chi connectivity index (χ4v) is 1.53. The van der Waals surface area contributed by atoms with Gasteiger partial charge >= 0.3 is 0 Å². The lowest BCUT2D eigenvalue weighted by Crippen LogP contribution is -2.36. The SMILES string of the molecule is CCNC(=O)CNC(=O)c1cc(CC(C)C)[nH]n1. The first-order valence-corrected chi connectivity index (χ1v) is 6.12. The Morgan fingerprint density at radius 2 is 2.11 bits per heavy atom. The summed E-state index contributed by atoms with van der Waals surface area (Å²) < 4.78 is 0. The van der Waals surface area contributed by atoms with Crippen molar-refractivity contribution in [2.24, 2.45) is 5.92 Å². The van der Waals surface area contributed by atoms with Crippen molar-refractivity contribution in [3.05, 3.63) is 17.5 Å². The molecule has 0 bridgehead atoms. The molecule has 18 heavy (non-hydrogen) atoms. The summed E-state index contributed by atoms with van der Waals surface area (Å²) in [5.74, 6) is -0.0482. The average molecular weight is 252 g/mol. The minimum atomic E-state index is -0.340. The van der Waals surface area contributed by atoms with Crippen molar-refractivity contribution >= 4 is 11.8 Å². The second-order valence-corrected chi connectivity index (χ2v) is 4.51. The van der Waals surface area contributed by atoms with Crippen LogP contribution in [0.4, 0.5) is 0 Å². The van der Waals surface area contributed by atoms with Gasteiger partial charge in [0, 0.05) is 12.2 Å². The minimum absolute atomic E-state index is 0.0287. The standard InChI is InChI=1S/C12H20N4O2/c1-4-13-11(17)7-14-12(18)10-6-9(15-16-10)5-8(2)3/h6,8H,4-5,7H2,1-3H3,(H,13,17)(H,14,18)(H,15,16). The Balaban J connectivity index is 2.46. The molecule has 3 N–H and O–H groups in total. The number of hydrogen-bond acceptors (Lipinski definition) is 3. The normalized spacial score (nSPS) is 10.4. The molecule has 0 saturated carbocycles. The molecule has 0 aliphatic rings. The number of aromatic amines is 1. The molecule has 6 nitrogen and oxygen atoms in total. The van der Waals surface area contributed by atoms with Gasteiger partial charge in [0.1, 0.15) is 5.69 Å². The van der Waals surface area contributed by atoms with Gasteiger partial charge in [-0.2, -0.15) is 5.10 Å². The van der Waals surface area contributed by atoms with Gasteiger partial charge in [-0.3, -0.25) is 14.7 Å². The number of amides is 2. The molecule has 6 heteroatoms. The van der Waals surface area contributed by atoms with Crippen molar-refractivity contribution in [1.29, 1.82) is 0 Å². The number of nitrogens with zero attached hydrogens (tertiary/aromatic N) is 1. The zero-order valence-electron chi connectivity index (χ0n) is 11.0. The van der Waals surface area contributed by atoms with E-state index in [1.54, 1.807) is 6.07 Å². The number of carbonyl (C=O) groups excluding carboxylic acids is 2. The van der Waals surface area contributed by atoms with E-state index in [2.05, 4.69) is 34.7 Å². The van der Waals surface area contributed by atoms with Crippen LogP contribution in [-0.2, 0) is 11.2 Å². The molecule has 100 valence electrons. The third-order valence-electron chi connectivity index (χ3n) is 2.28. The molecule has 1 aromatic rings. The highest BCUT2D eigenvalue weighted by Gasteiger charge is 2.11. The molecule has 0 aliphatic carbocycles. The molecule has 0 fully saturated rings. The van der Waals surface area contributed by atoms with Crippen LogP contribution in [0.2, 0.25) is 0 Å². The van der Waals surface area contributed by atoms with E-state index in [1.165, 1.54) is 0 Å². The van der Waals surface area contributed by atoms with E-state index < -0.39 is 0 Å². The molecule has 0 spiro atoms. The maximum atomic E-state index is 11.7. The fourth-order valence-electron chi connectivity index (χ4n) is 1.53. The summed E-state index contributed by atoms with van der Waals surface area (Å²) >= 11 is 0. The number of carbonyl (C=O) groups is 2. The monoisotopic (exact) mass is 252 g/mol. The molecule has 1 aromatic heterocycles. The van der Waals surface area contributed by atoms with Gasteiger partial charge in [-0.25, -0.2) is 0 Å². The molecular formula is C12H20N4O2. The van der Waals surface area contributed by atoms with Crippen LogP contribution in [0.1, 0.15) is 37.0 Å². The maximum Gasteiger partial charge on any atom is 0.272 e. The van der Waals surface area contributed by atoms with Gasteiger partial charge in [0.25, 0.3) is 5.91 Å². The number of likely N-dealkylation sites (N-methyl/N-ethyl adjacent to an activating group) is 1. The first-order valence-electron chi connectivity index (χ1n) is 6.12. The molecule has 0 atom stereocenters. The Labute approximate surface area is 107 Å². The van der Waals surface area contributed by atoms with Crippen molar-refractivity contribution < 1.29 is 9.59 Å². The zero-order chi connectivity index (χ0) is 13.5. The van der Waals surface area contributed by atoms with Gasteiger partial charge in [0.15, 0.2) is 0 Å². The van der Waals surface area contributed by atoms with E-state index in [4.69, 9.17) is 0 Å². The van der Waals surface area contributed by atoms with E-state index in [9.17, 15) is 9.59 Å². The third kappa shape index (κ3) is 4.57. The average Bonchev–Trinajstić information content (AvgIpc) is 2.74. The number of nitrogens with one attached hydrogen (secondary N) is 3. The molecule has 0 aromatic carbocycles. The Morgan fingerprint density at radius 1 is 1.39 bits per heavy atom. The van der Waals surface area contributed by atoms with Crippen molar-refractivity contribution in [1.82, 2.24) is 20.8 Å². The van der Waals surface area contributed by atoms with Gasteiger partial charge in [-0.15, -0.1) is 0 Å². The summed E-state index contributed by atoms with van der Waals surface area (Å²) in [5, 5.41) is 11.9. The van der Waals surface area contributed by atoms with E-state index in [-0.39, 0.29) is 18.4 Å². The van der Waals surface area contributed by atoms with Crippen LogP contribution in [-0.4, -0.2) is 35.1 Å². The predicted molar refractivity (Wildman–Crippen MR) is 68.1 cm³/mol. The van der Waals surface area contributed by atoms with Gasteiger partial charge in [0.2, 0.25) is 5.91 Å². The largest absolute Gasteiger partial charge is 0.355 e. The van der Waals surface area contributed by atoms with Crippen molar-refractivity contribution in [3.8, 4) is 0 Å². The van der Waals surface area contributed by atoms with Crippen LogP contribution in [0.25, 0.3) is 0 Å². The summed E-state index contributed by atoms with van der Waals surface area (Å²) in [6.07, 6.45) is 0.844. The lowest BCUT2D eigenvalue weighted by Gasteiger charge is -2.02. The van der Waals surface area contributed by atoms with Crippen molar-refractivity contribution in [2.75, 3.05) is 13.1 Å². The van der Waals surface area contributed by atoms with E-state index >= 15 is 0 Å². The van der Waals surface area contributed by atoms with Crippen molar-refractivity contribution in [2.45, 2.75) is 27.2 Å². The number of hydrogen-bond donors (Lipinski definition) is 3. The van der Waals surface area contributed by atoms with Gasteiger partial charge in [0.05, 0.1) is 6.54 Å². The predicted octanol–water partition coefficient (Wildman–Crippen LogP) is 0.474. The van der Waals surface area contributed by atoms with Crippen molar-refractivity contribution in [3.63, 3.8) is 0 Å². The van der Waals surface area contributed by atoms with Crippen LogP contribution in [0, 0.1) is 5.92 Å². The highest BCUT2D eigenvalue weighted by Crippen LogP contribution is 2.06. The molecule has 0 radical (unpaired) electrons. The summed E-state index contributed by atoms with van der Waals surface area (Å²) in [6.45, 7) is 6.53. The van der Waals surface area contributed by atoms with Gasteiger partial charge in [-0.1, -0.05) is 13.8 Å². The first-order chi connectivity index (χ1) is 8.52. The molecule has 0 unspecified atom stereocenters. The lowest BCUT2D eigenvalue weighted by molar-refractivity contribution is -0.120. The zero-order valence-corrected chi connectivity index (χ0v) is 11.0. The highest BCUT2D eigenvalue weighted by atomic mass is 16.2. The number of aromatic nitrogens is 2. The van der Waals surface area contributed by atoms with Gasteiger partial charge in [-0.05, 0) is 25.3 Å². The fraction of sp³-hybridized carbons (Fsp3) is 0.583. The molecule has 1 rings (SSSR count). The van der Waals surface area contributed by atoms with E-state index in [0.717, 1.165) is 12.1 Å². The smallest absolute Gasteiger partial charge is 0.272 e. The Morgan fingerprint density at radius 3 is 2.72 bits per heavy atom. The molecule has 0 aliphatic heterocycles. The maximum absolute atomic E-state index is 11.7. The molecular weight excluding hydrogens is 232 g/mol. The van der Waals surface area contributed by atoms with Crippen LogP contribution < -0.4 is 10.6 Å². The molecule has 0 saturated heterocycles. The second-order valence-electron chi connectivity index (χ2n) is 4.51. The number of rotatable bonds is 6.